The summed E-state index contributed by atoms with van der Waals surface area (Å²) in [6, 6.07) is 10.9. The van der Waals surface area contributed by atoms with Gasteiger partial charge in [-0.3, -0.25) is 4.79 Å². The molecule has 0 aliphatic rings. The molecular weight excluding hydrogens is 347 g/mol. The fourth-order valence-corrected chi connectivity index (χ4v) is 3.58. The first-order valence-corrected chi connectivity index (χ1v) is 8.81. The molecule has 2 rings (SSSR count). The summed E-state index contributed by atoms with van der Waals surface area (Å²) < 4.78 is 15.8. The van der Waals surface area contributed by atoms with Crippen LogP contribution in [0.15, 0.2) is 36.4 Å². The maximum Gasteiger partial charge on any atom is 0.190 e. The summed E-state index contributed by atoms with van der Waals surface area (Å²) in [5.74, 6) is 1.26. The largest absolute Gasteiger partial charge is 0.496 e. The molecule has 0 aromatic heterocycles. The van der Waals surface area contributed by atoms with Crippen LogP contribution in [0.3, 0.4) is 0 Å². The van der Waals surface area contributed by atoms with Crippen LogP contribution in [0.1, 0.15) is 15.9 Å². The Hall–Kier alpha value is -1.61. The van der Waals surface area contributed by atoms with E-state index in [1.165, 1.54) is 7.11 Å². The van der Waals surface area contributed by atoms with Crippen LogP contribution in [0.5, 0.6) is 11.5 Å². The number of carbonyl (C=O) groups is 1. The minimum absolute atomic E-state index is 0.0345. The number of hydrogen-bond donors (Lipinski definition) is 0. The van der Waals surface area contributed by atoms with Gasteiger partial charge in [-0.25, -0.2) is 0 Å². The van der Waals surface area contributed by atoms with Crippen LogP contribution in [0.25, 0.3) is 0 Å². The smallest absolute Gasteiger partial charge is 0.190 e. The van der Waals surface area contributed by atoms with E-state index in [2.05, 4.69) is 0 Å². The van der Waals surface area contributed by atoms with E-state index in [1.54, 1.807) is 25.3 Å². The quantitative estimate of drug-likeness (QED) is 0.526. The third-order valence-corrected chi connectivity index (χ3v) is 5.05. The zero-order valence-corrected chi connectivity index (χ0v) is 15.6. The van der Waals surface area contributed by atoms with Crippen molar-refractivity contribution in [3.63, 3.8) is 0 Å². The van der Waals surface area contributed by atoms with Crippen molar-refractivity contribution in [3.8, 4) is 11.5 Å². The average molecular weight is 367 g/mol. The molecule has 0 aliphatic heterocycles. The number of carbonyl (C=O) groups excluding carboxylic acids is 1. The molecule has 0 heterocycles. The van der Waals surface area contributed by atoms with Gasteiger partial charge in [0, 0.05) is 7.11 Å². The number of hydrogen-bond acceptors (Lipinski definition) is 4. The van der Waals surface area contributed by atoms with Gasteiger partial charge in [0.05, 0.1) is 24.3 Å². The summed E-state index contributed by atoms with van der Waals surface area (Å²) in [4.78, 5) is 12.7. The van der Waals surface area contributed by atoms with Gasteiger partial charge in [0.25, 0.3) is 0 Å². The van der Waals surface area contributed by atoms with Crippen LogP contribution in [-0.2, 0) is 4.74 Å². The fourth-order valence-electron chi connectivity index (χ4n) is 2.19. The van der Waals surface area contributed by atoms with Crippen LogP contribution in [0.4, 0.5) is 0 Å². The van der Waals surface area contributed by atoms with E-state index >= 15 is 0 Å². The van der Waals surface area contributed by atoms with E-state index in [-0.39, 0.29) is 14.1 Å². The highest BCUT2D eigenvalue weighted by atomic mass is 35.5. The van der Waals surface area contributed by atoms with Crippen LogP contribution in [0, 0.1) is 6.92 Å². The number of benzene rings is 2. The molecule has 0 N–H and O–H groups in total. The Morgan fingerprint density at radius 1 is 1.17 bits per heavy atom. The second-order valence-electron chi connectivity index (χ2n) is 5.09. The molecule has 0 radical (unpaired) electrons. The Bertz CT molecular complexity index is 718. The van der Waals surface area contributed by atoms with E-state index in [4.69, 9.17) is 25.8 Å². The summed E-state index contributed by atoms with van der Waals surface area (Å²) in [6.45, 7) is 2.99. The van der Waals surface area contributed by atoms with Crippen molar-refractivity contribution in [3.05, 3.63) is 52.5 Å². The molecule has 0 saturated carbocycles. The second-order valence-corrected chi connectivity index (χ2v) is 6.74. The highest BCUT2D eigenvalue weighted by Crippen LogP contribution is 2.32. The first-order chi connectivity index (χ1) is 11.6. The van der Waals surface area contributed by atoms with Crippen LogP contribution < -0.4 is 14.8 Å². The van der Waals surface area contributed by atoms with Crippen molar-refractivity contribution >= 4 is 31.0 Å². The van der Waals surface area contributed by atoms with Crippen LogP contribution in [0.2, 0.25) is 5.02 Å². The molecule has 2 aromatic carbocycles. The van der Waals surface area contributed by atoms with Gasteiger partial charge < -0.3 is 14.2 Å². The molecule has 0 spiro atoms. The first-order valence-electron chi connectivity index (χ1n) is 7.43. The van der Waals surface area contributed by atoms with Crippen molar-refractivity contribution in [2.24, 2.45) is 0 Å². The van der Waals surface area contributed by atoms with E-state index in [0.29, 0.717) is 29.5 Å². The topological polar surface area (TPSA) is 44.8 Å². The molecule has 24 heavy (non-hydrogen) atoms. The molecule has 4 nitrogen and oxygen atoms in total. The molecular formula is C18H20ClO4P. The number of methoxy groups -OCH3 is 2. The zero-order valence-electron chi connectivity index (χ0n) is 13.9. The standard InChI is InChI=1S/C18H20ClO4P/c1-12-11-13(23-10-9-21-2)7-8-16(12)24-18(20)17-14(19)5-4-6-15(17)22-3/h4-8,11,24H,9-10H2,1-3H3. The number of halogens is 1. The summed E-state index contributed by atoms with van der Waals surface area (Å²) in [6.07, 6.45) is 0. The Balaban J connectivity index is 2.15. The fraction of sp³-hybridized carbons (Fsp3) is 0.278. The van der Waals surface area contributed by atoms with Crippen molar-refractivity contribution in [1.82, 2.24) is 0 Å². The van der Waals surface area contributed by atoms with E-state index < -0.39 is 0 Å². The molecule has 0 aliphatic carbocycles. The molecule has 0 amide bonds. The third kappa shape index (κ3) is 4.70. The lowest BCUT2D eigenvalue weighted by Crippen LogP contribution is -2.08. The number of rotatable bonds is 8. The predicted molar refractivity (Wildman–Crippen MR) is 98.8 cm³/mol. The van der Waals surface area contributed by atoms with Gasteiger partial charge in [-0.1, -0.05) is 23.7 Å². The SMILES string of the molecule is COCCOc1ccc(PC(=O)c2c(Cl)cccc2OC)c(C)c1. The first kappa shape index (κ1) is 18.7. The highest BCUT2D eigenvalue weighted by Gasteiger charge is 2.17. The van der Waals surface area contributed by atoms with Gasteiger partial charge in [0.2, 0.25) is 0 Å². The average Bonchev–Trinajstić information content (AvgIpc) is 2.57. The van der Waals surface area contributed by atoms with E-state index in [1.807, 2.05) is 25.1 Å². The van der Waals surface area contributed by atoms with Crippen LogP contribution >= 0.6 is 20.2 Å². The van der Waals surface area contributed by atoms with Gasteiger partial charge in [-0.2, -0.15) is 0 Å². The lowest BCUT2D eigenvalue weighted by atomic mass is 10.2. The number of ether oxygens (including phenoxy) is 3. The Morgan fingerprint density at radius 2 is 1.96 bits per heavy atom. The Labute approximate surface area is 148 Å². The molecule has 1 atom stereocenters. The summed E-state index contributed by atoms with van der Waals surface area (Å²) in [5, 5.41) is 1.37. The third-order valence-electron chi connectivity index (χ3n) is 3.42. The lowest BCUT2D eigenvalue weighted by molar-refractivity contribution is 0.108. The molecule has 6 heteroatoms. The molecule has 0 fully saturated rings. The molecule has 2 aromatic rings. The Morgan fingerprint density at radius 3 is 2.62 bits per heavy atom. The summed E-state index contributed by atoms with van der Waals surface area (Å²) >= 11 is 6.18. The minimum Gasteiger partial charge on any atom is -0.496 e. The number of aryl methyl sites for hydroxylation is 1. The molecule has 1 unspecified atom stereocenters. The van der Waals surface area contributed by atoms with Crippen molar-refractivity contribution in [1.29, 1.82) is 0 Å². The van der Waals surface area contributed by atoms with Gasteiger partial charge in [0.15, 0.2) is 5.52 Å². The van der Waals surface area contributed by atoms with Gasteiger partial charge in [-0.15, -0.1) is 0 Å². The summed E-state index contributed by atoms with van der Waals surface area (Å²) in [7, 11) is 3.13. The zero-order chi connectivity index (χ0) is 17.5. The Kier molecular flexibility index (Phi) is 7.04. The summed E-state index contributed by atoms with van der Waals surface area (Å²) in [5.41, 5.74) is 1.39. The van der Waals surface area contributed by atoms with Gasteiger partial charge >= 0.3 is 0 Å². The maximum atomic E-state index is 12.7. The normalized spacial score (nSPS) is 11.0. The van der Waals surface area contributed by atoms with E-state index in [9.17, 15) is 4.79 Å². The maximum absolute atomic E-state index is 12.7. The van der Waals surface area contributed by atoms with Crippen molar-refractivity contribution in [2.45, 2.75) is 6.92 Å². The molecule has 0 bridgehead atoms. The van der Waals surface area contributed by atoms with Crippen molar-refractivity contribution < 1.29 is 19.0 Å². The molecule has 0 saturated heterocycles. The predicted octanol–water partition coefficient (Wildman–Crippen LogP) is 3.83. The molecule has 128 valence electrons. The second kappa shape index (κ2) is 9.03. The van der Waals surface area contributed by atoms with Crippen molar-refractivity contribution in [2.75, 3.05) is 27.4 Å². The van der Waals surface area contributed by atoms with E-state index in [0.717, 1.165) is 16.6 Å². The lowest BCUT2D eigenvalue weighted by Gasteiger charge is -2.12. The van der Waals surface area contributed by atoms with Gasteiger partial charge in [-0.05, 0) is 50.6 Å². The van der Waals surface area contributed by atoms with Crippen LogP contribution in [-0.4, -0.2) is 33.0 Å². The minimum atomic E-state index is -0.0476. The monoisotopic (exact) mass is 366 g/mol. The van der Waals surface area contributed by atoms with Gasteiger partial charge in [0.1, 0.15) is 18.1 Å². The highest BCUT2D eigenvalue weighted by molar-refractivity contribution is 7.66.